The zero-order valence-electron chi connectivity index (χ0n) is 22.5. The van der Waals surface area contributed by atoms with E-state index >= 15 is 0 Å². The van der Waals surface area contributed by atoms with Crippen molar-refractivity contribution in [2.24, 2.45) is 0 Å². The quantitative estimate of drug-likeness (QED) is 0.436. The maximum Gasteiger partial charge on any atom is 0.261 e. The molecule has 1 saturated heterocycles. The van der Waals surface area contributed by atoms with Gasteiger partial charge in [0.15, 0.2) is 0 Å². The number of aliphatic hydroxyl groups excluding tert-OH is 1. The van der Waals surface area contributed by atoms with Gasteiger partial charge in [-0.3, -0.25) is 24.3 Å². The first-order valence-corrected chi connectivity index (χ1v) is 13.6. The van der Waals surface area contributed by atoms with Crippen LogP contribution >= 0.6 is 0 Å². The Hall–Kier alpha value is -3.26. The summed E-state index contributed by atoms with van der Waals surface area (Å²) in [6.45, 7) is 11.5. The zero-order valence-corrected chi connectivity index (χ0v) is 22.5. The van der Waals surface area contributed by atoms with E-state index in [-0.39, 0.29) is 18.4 Å². The summed E-state index contributed by atoms with van der Waals surface area (Å²) in [4.78, 5) is 32.2. The van der Waals surface area contributed by atoms with Gasteiger partial charge >= 0.3 is 0 Å². The smallest absolute Gasteiger partial charge is 0.261 e. The molecule has 1 atom stereocenters. The van der Waals surface area contributed by atoms with Crippen molar-refractivity contribution in [2.45, 2.75) is 32.8 Å². The minimum Gasteiger partial charge on any atom is -0.491 e. The van der Waals surface area contributed by atoms with Crippen molar-refractivity contribution in [3.63, 3.8) is 0 Å². The number of carbonyl (C=O) groups excluding carboxylic acids is 2. The average molecular weight is 516 g/mol. The number of ether oxygens (including phenoxy) is 1. The number of nitrogens with zero attached hydrogens (tertiary/aromatic N) is 3. The van der Waals surface area contributed by atoms with Gasteiger partial charge in [0, 0.05) is 62.3 Å². The topological polar surface area (TPSA) is 73.3 Å². The molecule has 2 amide bonds. The minimum absolute atomic E-state index is 0.213. The number of hydrogen-bond acceptors (Lipinski definition) is 6. The molecule has 1 N–H and O–H groups in total. The molecule has 5 rings (SSSR count). The normalized spacial score (nSPS) is 17.4. The monoisotopic (exact) mass is 515 g/mol. The molecular formula is C31H37N3O4. The standard InChI is InChI=1S/C31H37N3O4/c1-21(2)24-11-10-22(3)28(18-24)38-20-25(35)19-33-14-12-32(13-15-33)16-17-34-30(36)26-8-4-6-23-7-5-9-27(29(23)26)31(34)37/h4-11,18,21,25,35H,12-17,19-20H2,1-3H3. The van der Waals surface area contributed by atoms with Crippen LogP contribution in [-0.4, -0.2) is 90.1 Å². The summed E-state index contributed by atoms with van der Waals surface area (Å²) in [5.41, 5.74) is 3.50. The van der Waals surface area contributed by atoms with Gasteiger partial charge in [-0.05, 0) is 47.6 Å². The molecule has 1 unspecified atom stereocenters. The summed E-state index contributed by atoms with van der Waals surface area (Å²) in [5.74, 6) is 0.835. The number of rotatable bonds is 9. The number of carbonyl (C=O) groups is 2. The number of piperazine rings is 1. The molecule has 2 aliphatic heterocycles. The maximum atomic E-state index is 13.1. The third-order valence-electron chi connectivity index (χ3n) is 7.74. The molecule has 0 aromatic heterocycles. The summed E-state index contributed by atoms with van der Waals surface area (Å²) in [7, 11) is 0. The van der Waals surface area contributed by atoms with Crippen LogP contribution in [0.4, 0.5) is 0 Å². The van der Waals surface area contributed by atoms with E-state index < -0.39 is 6.10 Å². The van der Waals surface area contributed by atoms with Crippen molar-refractivity contribution in [2.75, 3.05) is 52.4 Å². The van der Waals surface area contributed by atoms with E-state index in [4.69, 9.17) is 4.74 Å². The molecule has 7 nitrogen and oxygen atoms in total. The molecule has 200 valence electrons. The van der Waals surface area contributed by atoms with E-state index in [1.165, 1.54) is 10.5 Å². The molecule has 0 bridgehead atoms. The van der Waals surface area contributed by atoms with Gasteiger partial charge in [-0.1, -0.05) is 50.2 Å². The number of benzene rings is 3. The lowest BCUT2D eigenvalue weighted by Crippen LogP contribution is -2.51. The summed E-state index contributed by atoms with van der Waals surface area (Å²) in [6.07, 6.45) is -0.574. The van der Waals surface area contributed by atoms with Gasteiger partial charge in [0.05, 0.1) is 0 Å². The molecule has 2 heterocycles. The molecule has 0 radical (unpaired) electrons. The molecule has 0 saturated carbocycles. The van der Waals surface area contributed by atoms with E-state index in [0.717, 1.165) is 48.3 Å². The summed E-state index contributed by atoms with van der Waals surface area (Å²) in [6, 6.07) is 17.5. The lowest BCUT2D eigenvalue weighted by atomic mass is 9.94. The van der Waals surface area contributed by atoms with E-state index in [9.17, 15) is 14.7 Å². The van der Waals surface area contributed by atoms with Gasteiger partial charge in [-0.15, -0.1) is 0 Å². The Morgan fingerprint density at radius 2 is 1.50 bits per heavy atom. The highest BCUT2D eigenvalue weighted by atomic mass is 16.5. The number of β-amino-alcohol motifs (C(OH)–C–C–N with tert-alkyl or cyclic N) is 1. The van der Waals surface area contributed by atoms with Gasteiger partial charge in [0.1, 0.15) is 18.5 Å². The van der Waals surface area contributed by atoms with Crippen LogP contribution in [0, 0.1) is 6.92 Å². The van der Waals surface area contributed by atoms with Gasteiger partial charge in [0.2, 0.25) is 0 Å². The Morgan fingerprint density at radius 1 is 0.868 bits per heavy atom. The van der Waals surface area contributed by atoms with Crippen LogP contribution in [0.2, 0.25) is 0 Å². The Balaban J connectivity index is 1.09. The van der Waals surface area contributed by atoms with Gasteiger partial charge in [-0.2, -0.15) is 0 Å². The van der Waals surface area contributed by atoms with Crippen molar-refractivity contribution in [3.8, 4) is 5.75 Å². The number of imide groups is 1. The van der Waals surface area contributed by atoms with Crippen LogP contribution in [0.15, 0.2) is 54.6 Å². The summed E-state index contributed by atoms with van der Waals surface area (Å²) in [5, 5.41) is 12.3. The molecule has 3 aromatic rings. The summed E-state index contributed by atoms with van der Waals surface area (Å²) >= 11 is 0. The molecule has 1 fully saturated rings. The first-order chi connectivity index (χ1) is 18.3. The average Bonchev–Trinajstić information content (AvgIpc) is 2.92. The fraction of sp³-hybridized carbons (Fsp3) is 0.419. The molecule has 2 aliphatic rings. The lowest BCUT2D eigenvalue weighted by molar-refractivity contribution is 0.0415. The molecule has 0 aliphatic carbocycles. The van der Waals surface area contributed by atoms with E-state index in [1.807, 2.05) is 43.3 Å². The van der Waals surface area contributed by atoms with Crippen molar-refractivity contribution in [1.82, 2.24) is 14.7 Å². The number of hydrogen-bond donors (Lipinski definition) is 1. The van der Waals surface area contributed by atoms with E-state index in [0.29, 0.717) is 36.7 Å². The molecule has 7 heteroatoms. The van der Waals surface area contributed by atoms with Gasteiger partial charge in [0.25, 0.3) is 11.8 Å². The second-order valence-corrected chi connectivity index (χ2v) is 10.8. The van der Waals surface area contributed by atoms with Crippen LogP contribution in [0.1, 0.15) is 51.6 Å². The maximum absolute atomic E-state index is 13.1. The highest BCUT2D eigenvalue weighted by Crippen LogP contribution is 2.30. The van der Waals surface area contributed by atoms with E-state index in [1.54, 1.807) is 0 Å². The molecule has 0 spiro atoms. The molecule has 38 heavy (non-hydrogen) atoms. The Labute approximate surface area is 224 Å². The second-order valence-electron chi connectivity index (χ2n) is 10.8. The number of aliphatic hydroxyl groups is 1. The van der Waals surface area contributed by atoms with Gasteiger partial charge in [-0.25, -0.2) is 0 Å². The fourth-order valence-corrected chi connectivity index (χ4v) is 5.39. The van der Waals surface area contributed by atoms with Crippen LogP contribution in [0.25, 0.3) is 10.8 Å². The predicted octanol–water partition coefficient (Wildman–Crippen LogP) is 3.93. The lowest BCUT2D eigenvalue weighted by Gasteiger charge is -2.36. The Morgan fingerprint density at radius 3 is 2.13 bits per heavy atom. The molecular weight excluding hydrogens is 478 g/mol. The summed E-state index contributed by atoms with van der Waals surface area (Å²) < 4.78 is 5.97. The Kier molecular flexibility index (Phi) is 7.79. The van der Waals surface area contributed by atoms with Crippen molar-refractivity contribution in [3.05, 3.63) is 76.9 Å². The molecule has 3 aromatic carbocycles. The van der Waals surface area contributed by atoms with Crippen molar-refractivity contribution in [1.29, 1.82) is 0 Å². The van der Waals surface area contributed by atoms with Crippen molar-refractivity contribution >= 4 is 22.6 Å². The third kappa shape index (κ3) is 5.46. The minimum atomic E-state index is -0.574. The SMILES string of the molecule is Cc1ccc(C(C)C)cc1OCC(O)CN1CCN(CCN2C(=O)c3cccc4cccc(c34)C2=O)CC1. The second kappa shape index (κ2) is 11.2. The third-order valence-corrected chi connectivity index (χ3v) is 7.74. The predicted molar refractivity (Wildman–Crippen MR) is 149 cm³/mol. The van der Waals surface area contributed by atoms with Crippen LogP contribution in [0.5, 0.6) is 5.75 Å². The van der Waals surface area contributed by atoms with Crippen LogP contribution in [-0.2, 0) is 0 Å². The Bertz CT molecular complexity index is 1280. The largest absolute Gasteiger partial charge is 0.491 e. The van der Waals surface area contributed by atoms with E-state index in [2.05, 4.69) is 41.8 Å². The highest BCUT2D eigenvalue weighted by Gasteiger charge is 2.33. The number of amides is 2. The first kappa shape index (κ1) is 26.4. The van der Waals surface area contributed by atoms with Crippen molar-refractivity contribution < 1.29 is 19.4 Å². The zero-order chi connectivity index (χ0) is 26.8. The van der Waals surface area contributed by atoms with Crippen LogP contribution < -0.4 is 4.74 Å². The van der Waals surface area contributed by atoms with Gasteiger partial charge < -0.3 is 9.84 Å². The number of aryl methyl sites for hydroxylation is 1. The highest BCUT2D eigenvalue weighted by molar-refractivity contribution is 6.25. The van der Waals surface area contributed by atoms with Crippen LogP contribution in [0.3, 0.4) is 0 Å². The fourth-order valence-electron chi connectivity index (χ4n) is 5.39. The first-order valence-electron chi connectivity index (χ1n) is 13.6.